The lowest BCUT2D eigenvalue weighted by Gasteiger charge is -2.20. The first kappa shape index (κ1) is 13.2. The first-order chi connectivity index (χ1) is 7.60. The third kappa shape index (κ3) is 3.08. The van der Waals surface area contributed by atoms with Crippen LogP contribution in [0.4, 0.5) is 0 Å². The monoisotopic (exact) mass is 219 g/mol. The van der Waals surface area contributed by atoms with E-state index in [1.807, 2.05) is 0 Å². The third-order valence-corrected chi connectivity index (χ3v) is 3.45. The molecule has 0 bridgehead atoms. The standard InChI is InChI=1S/C15H25N/c1-6-7-8-15(16-5)14-10-12(3)11(2)9-13(14)4/h9-10,15-16H,6-8H2,1-5H3. The van der Waals surface area contributed by atoms with E-state index < -0.39 is 0 Å². The number of unbranched alkanes of at least 4 members (excludes halogenated alkanes) is 1. The van der Waals surface area contributed by atoms with Gasteiger partial charge in [0, 0.05) is 6.04 Å². The van der Waals surface area contributed by atoms with Gasteiger partial charge in [0.2, 0.25) is 0 Å². The van der Waals surface area contributed by atoms with Crippen molar-refractivity contribution in [3.05, 3.63) is 34.4 Å². The Kier molecular flexibility index (Phi) is 5.01. The van der Waals surface area contributed by atoms with Crippen LogP contribution in [-0.4, -0.2) is 7.05 Å². The number of rotatable bonds is 5. The van der Waals surface area contributed by atoms with Gasteiger partial charge < -0.3 is 5.32 Å². The Morgan fingerprint density at radius 2 is 1.69 bits per heavy atom. The second-order valence-electron chi connectivity index (χ2n) is 4.78. The van der Waals surface area contributed by atoms with Crippen LogP contribution in [0, 0.1) is 20.8 Å². The molecule has 0 aromatic heterocycles. The zero-order chi connectivity index (χ0) is 12.1. The number of hydrogen-bond donors (Lipinski definition) is 1. The number of aryl methyl sites for hydroxylation is 3. The largest absolute Gasteiger partial charge is 0.313 e. The molecule has 1 unspecified atom stereocenters. The quantitative estimate of drug-likeness (QED) is 0.787. The molecule has 0 aliphatic heterocycles. The van der Waals surface area contributed by atoms with E-state index in [-0.39, 0.29) is 0 Å². The second-order valence-corrected chi connectivity index (χ2v) is 4.78. The minimum absolute atomic E-state index is 0.513. The Morgan fingerprint density at radius 1 is 1.06 bits per heavy atom. The molecule has 1 aromatic carbocycles. The summed E-state index contributed by atoms with van der Waals surface area (Å²) in [6, 6.07) is 5.17. The molecule has 1 rings (SSSR count). The van der Waals surface area contributed by atoms with Gasteiger partial charge in [0.05, 0.1) is 0 Å². The summed E-state index contributed by atoms with van der Waals surface area (Å²) in [6.45, 7) is 8.86. The first-order valence-corrected chi connectivity index (χ1v) is 6.35. The van der Waals surface area contributed by atoms with Gasteiger partial charge in [-0.15, -0.1) is 0 Å². The molecule has 0 saturated heterocycles. The van der Waals surface area contributed by atoms with Crippen molar-refractivity contribution in [2.24, 2.45) is 0 Å². The molecular formula is C15H25N. The van der Waals surface area contributed by atoms with Crippen molar-refractivity contribution in [3.63, 3.8) is 0 Å². The molecule has 0 aliphatic carbocycles. The van der Waals surface area contributed by atoms with Gasteiger partial charge in [0.1, 0.15) is 0 Å². The molecule has 0 heterocycles. The summed E-state index contributed by atoms with van der Waals surface area (Å²) in [5.41, 5.74) is 5.68. The summed E-state index contributed by atoms with van der Waals surface area (Å²) >= 11 is 0. The Hall–Kier alpha value is -0.820. The van der Waals surface area contributed by atoms with Gasteiger partial charge in [-0.05, 0) is 56.5 Å². The minimum Gasteiger partial charge on any atom is -0.313 e. The van der Waals surface area contributed by atoms with Gasteiger partial charge >= 0.3 is 0 Å². The summed E-state index contributed by atoms with van der Waals surface area (Å²) in [6.07, 6.45) is 3.79. The number of benzene rings is 1. The Morgan fingerprint density at radius 3 is 2.25 bits per heavy atom. The lowest BCUT2D eigenvalue weighted by molar-refractivity contribution is 0.520. The molecule has 0 amide bonds. The lowest BCUT2D eigenvalue weighted by atomic mass is 9.93. The molecule has 90 valence electrons. The molecule has 0 spiro atoms. The average Bonchev–Trinajstić information content (AvgIpc) is 2.26. The van der Waals surface area contributed by atoms with E-state index in [0.29, 0.717) is 6.04 Å². The van der Waals surface area contributed by atoms with E-state index in [2.05, 4.69) is 52.2 Å². The van der Waals surface area contributed by atoms with Gasteiger partial charge in [-0.1, -0.05) is 31.9 Å². The van der Waals surface area contributed by atoms with E-state index in [9.17, 15) is 0 Å². The third-order valence-electron chi connectivity index (χ3n) is 3.45. The van der Waals surface area contributed by atoms with Crippen LogP contribution in [-0.2, 0) is 0 Å². The Labute approximate surface area is 100 Å². The molecule has 1 aromatic rings. The minimum atomic E-state index is 0.513. The smallest absolute Gasteiger partial charge is 0.0320 e. The van der Waals surface area contributed by atoms with Crippen molar-refractivity contribution in [2.75, 3.05) is 7.05 Å². The SMILES string of the molecule is CCCCC(NC)c1cc(C)c(C)cc1C. The predicted octanol–water partition coefficient (Wildman–Crippen LogP) is 4.06. The molecule has 1 nitrogen and oxygen atoms in total. The van der Waals surface area contributed by atoms with Gasteiger partial charge in [0.25, 0.3) is 0 Å². The van der Waals surface area contributed by atoms with E-state index >= 15 is 0 Å². The molecular weight excluding hydrogens is 194 g/mol. The van der Waals surface area contributed by atoms with E-state index in [4.69, 9.17) is 0 Å². The maximum atomic E-state index is 3.44. The van der Waals surface area contributed by atoms with Crippen LogP contribution >= 0.6 is 0 Å². The molecule has 1 atom stereocenters. The van der Waals surface area contributed by atoms with Crippen molar-refractivity contribution in [1.82, 2.24) is 5.32 Å². The van der Waals surface area contributed by atoms with Crippen LogP contribution in [0.5, 0.6) is 0 Å². The molecule has 0 radical (unpaired) electrons. The highest BCUT2D eigenvalue weighted by Gasteiger charge is 2.12. The van der Waals surface area contributed by atoms with Gasteiger partial charge in [-0.25, -0.2) is 0 Å². The van der Waals surface area contributed by atoms with Crippen LogP contribution in [0.3, 0.4) is 0 Å². The van der Waals surface area contributed by atoms with Crippen molar-refractivity contribution in [1.29, 1.82) is 0 Å². The average molecular weight is 219 g/mol. The Bertz CT molecular complexity index is 342. The van der Waals surface area contributed by atoms with Crippen LogP contribution in [0.1, 0.15) is 54.5 Å². The fourth-order valence-corrected chi connectivity index (χ4v) is 2.22. The summed E-state index contributed by atoms with van der Waals surface area (Å²) < 4.78 is 0. The summed E-state index contributed by atoms with van der Waals surface area (Å²) in [7, 11) is 2.06. The fraction of sp³-hybridized carbons (Fsp3) is 0.600. The van der Waals surface area contributed by atoms with Crippen molar-refractivity contribution >= 4 is 0 Å². The summed E-state index contributed by atoms with van der Waals surface area (Å²) in [5.74, 6) is 0. The Balaban J connectivity index is 2.95. The van der Waals surface area contributed by atoms with Crippen molar-refractivity contribution < 1.29 is 0 Å². The highest BCUT2D eigenvalue weighted by molar-refractivity contribution is 5.38. The molecule has 0 saturated carbocycles. The second kappa shape index (κ2) is 6.05. The van der Waals surface area contributed by atoms with Crippen LogP contribution < -0.4 is 5.32 Å². The first-order valence-electron chi connectivity index (χ1n) is 6.35. The topological polar surface area (TPSA) is 12.0 Å². The molecule has 0 fully saturated rings. The molecule has 1 N–H and O–H groups in total. The highest BCUT2D eigenvalue weighted by Crippen LogP contribution is 2.25. The maximum absolute atomic E-state index is 3.44. The fourth-order valence-electron chi connectivity index (χ4n) is 2.22. The zero-order valence-electron chi connectivity index (χ0n) is 11.4. The van der Waals surface area contributed by atoms with Crippen molar-refractivity contribution in [3.8, 4) is 0 Å². The van der Waals surface area contributed by atoms with Gasteiger partial charge in [0.15, 0.2) is 0 Å². The van der Waals surface area contributed by atoms with Crippen LogP contribution in [0.2, 0.25) is 0 Å². The number of hydrogen-bond acceptors (Lipinski definition) is 1. The molecule has 0 aliphatic rings. The van der Waals surface area contributed by atoms with Crippen LogP contribution in [0.15, 0.2) is 12.1 Å². The van der Waals surface area contributed by atoms with Gasteiger partial charge in [-0.2, -0.15) is 0 Å². The van der Waals surface area contributed by atoms with E-state index in [1.165, 1.54) is 41.5 Å². The van der Waals surface area contributed by atoms with E-state index in [1.54, 1.807) is 0 Å². The molecule has 16 heavy (non-hydrogen) atoms. The van der Waals surface area contributed by atoms with E-state index in [0.717, 1.165) is 0 Å². The normalized spacial score (nSPS) is 12.8. The molecule has 1 heteroatoms. The van der Waals surface area contributed by atoms with Crippen molar-refractivity contribution in [2.45, 2.75) is 53.0 Å². The number of nitrogens with one attached hydrogen (secondary N) is 1. The predicted molar refractivity (Wildman–Crippen MR) is 72.0 cm³/mol. The van der Waals surface area contributed by atoms with Crippen LogP contribution in [0.25, 0.3) is 0 Å². The summed E-state index contributed by atoms with van der Waals surface area (Å²) in [4.78, 5) is 0. The highest BCUT2D eigenvalue weighted by atomic mass is 14.9. The summed E-state index contributed by atoms with van der Waals surface area (Å²) in [5, 5.41) is 3.44. The van der Waals surface area contributed by atoms with Gasteiger partial charge in [-0.3, -0.25) is 0 Å². The lowest BCUT2D eigenvalue weighted by Crippen LogP contribution is -2.17. The maximum Gasteiger partial charge on any atom is 0.0320 e. The zero-order valence-corrected chi connectivity index (χ0v) is 11.4.